The quantitative estimate of drug-likeness (QED) is 0.687. The van der Waals surface area contributed by atoms with Crippen molar-refractivity contribution in [3.05, 3.63) is 52.3 Å². The minimum absolute atomic E-state index is 0.0174. The van der Waals surface area contributed by atoms with Gasteiger partial charge in [0.2, 0.25) is 0 Å². The lowest BCUT2D eigenvalue weighted by atomic mass is 9.91. The van der Waals surface area contributed by atoms with Crippen LogP contribution in [0, 0.1) is 0 Å². The highest BCUT2D eigenvalue weighted by atomic mass is 35.5. The Morgan fingerprint density at radius 2 is 1.79 bits per heavy atom. The Hall–Kier alpha value is -2.34. The van der Waals surface area contributed by atoms with E-state index in [2.05, 4.69) is 25.9 Å². The van der Waals surface area contributed by atoms with Gasteiger partial charge in [-0.05, 0) is 50.1 Å². The monoisotopic (exact) mass is 417 g/mol. The van der Waals surface area contributed by atoms with Gasteiger partial charge in [-0.1, -0.05) is 32.4 Å². The summed E-state index contributed by atoms with van der Waals surface area (Å²) in [7, 11) is 0. The van der Waals surface area contributed by atoms with Gasteiger partial charge in [0.1, 0.15) is 0 Å². The second-order valence-corrected chi connectivity index (χ2v) is 8.80. The van der Waals surface area contributed by atoms with Crippen LogP contribution in [0.4, 0.5) is 0 Å². The zero-order valence-corrected chi connectivity index (χ0v) is 18.2. The SMILES string of the molecule is CCOC(=O)c1cc(C(C)(C)C)n(C2CCN(C(=O)c3ccc(Cl)cc3)CC2)n1. The van der Waals surface area contributed by atoms with Gasteiger partial charge in [0.25, 0.3) is 5.91 Å². The molecule has 1 aliphatic heterocycles. The van der Waals surface area contributed by atoms with E-state index in [0.717, 1.165) is 18.5 Å². The molecule has 2 heterocycles. The van der Waals surface area contributed by atoms with Crippen LogP contribution in [0.5, 0.6) is 0 Å². The van der Waals surface area contributed by atoms with Crippen LogP contribution in [0.3, 0.4) is 0 Å². The van der Waals surface area contributed by atoms with Crippen LogP contribution >= 0.6 is 11.6 Å². The molecule has 0 unspecified atom stereocenters. The number of carbonyl (C=O) groups excluding carboxylic acids is 2. The number of carbonyl (C=O) groups is 2. The van der Waals surface area contributed by atoms with Crippen molar-refractivity contribution >= 4 is 23.5 Å². The summed E-state index contributed by atoms with van der Waals surface area (Å²) >= 11 is 5.92. The van der Waals surface area contributed by atoms with Crippen molar-refractivity contribution in [3.8, 4) is 0 Å². The van der Waals surface area contributed by atoms with E-state index in [1.165, 1.54) is 0 Å². The largest absolute Gasteiger partial charge is 0.461 e. The van der Waals surface area contributed by atoms with E-state index in [1.807, 2.05) is 15.6 Å². The molecule has 6 nitrogen and oxygen atoms in total. The van der Waals surface area contributed by atoms with Gasteiger partial charge >= 0.3 is 5.97 Å². The summed E-state index contributed by atoms with van der Waals surface area (Å²) in [6.45, 7) is 9.71. The highest BCUT2D eigenvalue weighted by Gasteiger charge is 2.31. The smallest absolute Gasteiger partial charge is 0.358 e. The average molecular weight is 418 g/mol. The molecule has 0 bridgehead atoms. The topological polar surface area (TPSA) is 64.4 Å². The number of amides is 1. The highest BCUT2D eigenvalue weighted by molar-refractivity contribution is 6.30. The van der Waals surface area contributed by atoms with Gasteiger partial charge in [0, 0.05) is 34.8 Å². The van der Waals surface area contributed by atoms with Crippen LogP contribution in [0.15, 0.2) is 30.3 Å². The Bertz CT molecular complexity index is 876. The standard InChI is InChI=1S/C22H28ClN3O3/c1-5-29-21(28)18-14-19(22(2,3)4)26(24-18)17-10-12-25(13-11-17)20(27)15-6-8-16(23)9-7-15/h6-9,14,17H,5,10-13H2,1-4H3. The lowest BCUT2D eigenvalue weighted by molar-refractivity contribution is 0.0517. The molecule has 29 heavy (non-hydrogen) atoms. The maximum absolute atomic E-state index is 12.7. The van der Waals surface area contributed by atoms with Crippen molar-refractivity contribution in [3.63, 3.8) is 0 Å². The maximum atomic E-state index is 12.7. The summed E-state index contributed by atoms with van der Waals surface area (Å²) in [6.07, 6.45) is 1.57. The number of hydrogen-bond donors (Lipinski definition) is 0. The first kappa shape index (κ1) is 21.4. The molecule has 0 spiro atoms. The van der Waals surface area contributed by atoms with Crippen molar-refractivity contribution in [1.82, 2.24) is 14.7 Å². The van der Waals surface area contributed by atoms with Crippen LogP contribution in [0.2, 0.25) is 5.02 Å². The van der Waals surface area contributed by atoms with Crippen molar-refractivity contribution < 1.29 is 14.3 Å². The van der Waals surface area contributed by atoms with Gasteiger partial charge < -0.3 is 9.64 Å². The van der Waals surface area contributed by atoms with E-state index in [4.69, 9.17) is 16.3 Å². The van der Waals surface area contributed by atoms with Crippen LogP contribution in [0.25, 0.3) is 0 Å². The summed E-state index contributed by atoms with van der Waals surface area (Å²) in [4.78, 5) is 26.8. The third-order valence-corrected chi connectivity index (χ3v) is 5.43. The van der Waals surface area contributed by atoms with Gasteiger partial charge in [-0.25, -0.2) is 4.79 Å². The zero-order valence-electron chi connectivity index (χ0n) is 17.4. The molecule has 0 atom stereocenters. The van der Waals surface area contributed by atoms with Crippen molar-refractivity contribution in [2.75, 3.05) is 19.7 Å². The molecule has 0 N–H and O–H groups in total. The molecule has 156 valence electrons. The molecule has 7 heteroatoms. The van der Waals surface area contributed by atoms with E-state index in [9.17, 15) is 9.59 Å². The van der Waals surface area contributed by atoms with E-state index in [0.29, 0.717) is 36.0 Å². The third-order valence-electron chi connectivity index (χ3n) is 5.18. The van der Waals surface area contributed by atoms with E-state index in [1.54, 1.807) is 31.2 Å². The number of ether oxygens (including phenoxy) is 1. The molecule has 0 radical (unpaired) electrons. The lowest BCUT2D eigenvalue weighted by Crippen LogP contribution is -2.40. The zero-order chi connectivity index (χ0) is 21.2. The fourth-order valence-electron chi connectivity index (χ4n) is 3.63. The number of likely N-dealkylation sites (tertiary alicyclic amines) is 1. The van der Waals surface area contributed by atoms with E-state index in [-0.39, 0.29) is 17.4 Å². The highest BCUT2D eigenvalue weighted by Crippen LogP contribution is 2.31. The molecule has 1 amide bonds. The summed E-state index contributed by atoms with van der Waals surface area (Å²) in [6, 6.07) is 8.96. The minimum Gasteiger partial charge on any atom is -0.461 e. The van der Waals surface area contributed by atoms with Crippen molar-refractivity contribution in [2.45, 2.75) is 52.0 Å². The Kier molecular flexibility index (Phi) is 6.32. The first-order chi connectivity index (χ1) is 13.7. The summed E-state index contributed by atoms with van der Waals surface area (Å²) in [5.41, 5.74) is 1.83. The molecule has 1 saturated heterocycles. The van der Waals surface area contributed by atoms with Crippen LogP contribution in [-0.2, 0) is 10.2 Å². The van der Waals surface area contributed by atoms with Gasteiger partial charge in [0.05, 0.1) is 12.6 Å². The van der Waals surface area contributed by atoms with Crippen molar-refractivity contribution in [2.24, 2.45) is 0 Å². The molecule has 1 aliphatic rings. The number of nitrogens with zero attached hydrogens (tertiary/aromatic N) is 3. The maximum Gasteiger partial charge on any atom is 0.358 e. The van der Waals surface area contributed by atoms with Gasteiger partial charge in [-0.15, -0.1) is 0 Å². The molecular formula is C22H28ClN3O3. The molecular weight excluding hydrogens is 390 g/mol. The second-order valence-electron chi connectivity index (χ2n) is 8.36. The number of esters is 1. The predicted octanol–water partition coefficient (Wildman–Crippen LogP) is 4.49. The Balaban J connectivity index is 1.75. The molecule has 3 rings (SSSR count). The normalized spacial score (nSPS) is 15.4. The Morgan fingerprint density at radius 3 is 2.34 bits per heavy atom. The molecule has 1 aromatic carbocycles. The summed E-state index contributed by atoms with van der Waals surface area (Å²) in [5.74, 6) is -0.379. The van der Waals surface area contributed by atoms with Gasteiger partial charge in [-0.3, -0.25) is 9.48 Å². The number of aromatic nitrogens is 2. The number of halogens is 1. The molecule has 2 aromatic rings. The number of hydrogen-bond acceptors (Lipinski definition) is 4. The first-order valence-electron chi connectivity index (χ1n) is 10.0. The molecule has 0 saturated carbocycles. The number of rotatable bonds is 4. The molecule has 1 fully saturated rings. The average Bonchev–Trinajstić information content (AvgIpc) is 3.14. The Morgan fingerprint density at radius 1 is 1.17 bits per heavy atom. The molecule has 0 aliphatic carbocycles. The van der Waals surface area contributed by atoms with Crippen LogP contribution in [-0.4, -0.2) is 46.3 Å². The van der Waals surface area contributed by atoms with E-state index < -0.39 is 5.97 Å². The Labute approximate surface area is 176 Å². The fourth-order valence-corrected chi connectivity index (χ4v) is 3.75. The van der Waals surface area contributed by atoms with Crippen LogP contribution in [0.1, 0.15) is 73.1 Å². The second kappa shape index (κ2) is 8.57. The summed E-state index contributed by atoms with van der Waals surface area (Å²) < 4.78 is 7.09. The molecule has 1 aromatic heterocycles. The van der Waals surface area contributed by atoms with Gasteiger partial charge in [0.15, 0.2) is 5.69 Å². The van der Waals surface area contributed by atoms with E-state index >= 15 is 0 Å². The lowest BCUT2D eigenvalue weighted by Gasteiger charge is -2.34. The fraction of sp³-hybridized carbons (Fsp3) is 0.500. The first-order valence-corrected chi connectivity index (χ1v) is 10.4. The minimum atomic E-state index is -0.396. The summed E-state index contributed by atoms with van der Waals surface area (Å²) in [5, 5.41) is 5.20. The van der Waals surface area contributed by atoms with Crippen LogP contribution < -0.4 is 0 Å². The number of piperidine rings is 1. The third kappa shape index (κ3) is 4.81. The predicted molar refractivity (Wildman–Crippen MR) is 113 cm³/mol. The van der Waals surface area contributed by atoms with Gasteiger partial charge in [-0.2, -0.15) is 5.10 Å². The number of benzene rings is 1. The van der Waals surface area contributed by atoms with Crippen molar-refractivity contribution in [1.29, 1.82) is 0 Å².